The number of carbonyl (C=O) groups is 1. The number of aromatic nitrogens is 1. The molecule has 4 rings (SSSR count). The van der Waals surface area contributed by atoms with E-state index < -0.39 is 15.9 Å². The fourth-order valence-electron chi connectivity index (χ4n) is 3.72. The summed E-state index contributed by atoms with van der Waals surface area (Å²) in [6, 6.07) is 19.6. The third kappa shape index (κ3) is 6.77. The van der Waals surface area contributed by atoms with E-state index in [0.717, 1.165) is 21.7 Å². The molecule has 2 aromatic carbocycles. The quantitative estimate of drug-likeness (QED) is 0.183. The number of allylic oxidation sites excluding steroid dienone is 4. The van der Waals surface area contributed by atoms with Crippen LogP contribution >= 0.6 is 46.1 Å². The molecule has 1 amide bonds. The molecule has 4 nitrogen and oxygen atoms in total. The Labute approximate surface area is 224 Å². The Bertz CT molecular complexity index is 1230. The third-order valence-corrected chi connectivity index (χ3v) is 7.23. The van der Waals surface area contributed by atoms with Crippen LogP contribution in [0.25, 0.3) is 16.5 Å². The van der Waals surface area contributed by atoms with Gasteiger partial charge in [-0.15, -0.1) is 0 Å². The maximum atomic E-state index is 12.6. The molecule has 0 spiro atoms. The molecule has 1 aliphatic carbocycles. The number of benzene rings is 2. The van der Waals surface area contributed by atoms with E-state index in [1.54, 1.807) is 6.08 Å². The van der Waals surface area contributed by atoms with Crippen LogP contribution in [0.4, 0.5) is 5.13 Å². The van der Waals surface area contributed by atoms with Crippen LogP contribution in [0.5, 0.6) is 0 Å². The summed E-state index contributed by atoms with van der Waals surface area (Å²) in [5.41, 5.74) is 2.89. The summed E-state index contributed by atoms with van der Waals surface area (Å²) in [6.07, 6.45) is 10.5. The van der Waals surface area contributed by atoms with E-state index in [2.05, 4.69) is 41.8 Å². The molecule has 35 heavy (non-hydrogen) atoms. The van der Waals surface area contributed by atoms with Crippen molar-refractivity contribution in [3.8, 4) is 10.4 Å². The van der Waals surface area contributed by atoms with Crippen molar-refractivity contribution >= 4 is 63.3 Å². The molecule has 3 aromatic rings. The standard InChI is InChI=1S/C27H24Cl3N3OS/c1-18-10-8-9-15-21(18)23-24(20-13-6-3-7-14-20)35-26(32-23)33-25(27(28,29)30)31-22(34)17-16-19-11-4-2-5-12-19/h2-18,21,25H,1H3,(H,31,34)(H,32,33). The number of carbonyl (C=O) groups excluding carboxylic acids is 1. The summed E-state index contributed by atoms with van der Waals surface area (Å²) in [4.78, 5) is 18.5. The van der Waals surface area contributed by atoms with Gasteiger partial charge in [0.05, 0.1) is 10.6 Å². The van der Waals surface area contributed by atoms with Gasteiger partial charge >= 0.3 is 0 Å². The van der Waals surface area contributed by atoms with Crippen LogP contribution in [0, 0.1) is 5.92 Å². The second-order valence-corrected chi connectivity index (χ2v) is 11.5. The lowest BCUT2D eigenvalue weighted by Gasteiger charge is -2.25. The van der Waals surface area contributed by atoms with Gasteiger partial charge in [-0.3, -0.25) is 4.79 Å². The fraction of sp³-hybridized carbons (Fsp3) is 0.185. The molecule has 0 fully saturated rings. The second-order valence-electron chi connectivity index (χ2n) is 8.13. The van der Waals surface area contributed by atoms with Gasteiger partial charge in [-0.1, -0.05) is 138 Å². The van der Waals surface area contributed by atoms with Crippen molar-refractivity contribution in [2.24, 2.45) is 5.92 Å². The minimum Gasteiger partial charge on any atom is -0.338 e. The summed E-state index contributed by atoms with van der Waals surface area (Å²) in [6.45, 7) is 2.16. The molecule has 0 saturated carbocycles. The van der Waals surface area contributed by atoms with E-state index in [0.29, 0.717) is 5.13 Å². The molecule has 180 valence electrons. The van der Waals surface area contributed by atoms with Crippen LogP contribution in [0.1, 0.15) is 24.1 Å². The van der Waals surface area contributed by atoms with E-state index in [1.807, 2.05) is 60.7 Å². The highest BCUT2D eigenvalue weighted by Gasteiger charge is 2.35. The fourth-order valence-corrected chi connectivity index (χ4v) is 5.11. The van der Waals surface area contributed by atoms with Crippen molar-refractivity contribution in [2.75, 3.05) is 5.32 Å². The zero-order valence-electron chi connectivity index (χ0n) is 18.9. The van der Waals surface area contributed by atoms with Gasteiger partial charge in [-0.05, 0) is 23.1 Å². The zero-order valence-corrected chi connectivity index (χ0v) is 22.0. The van der Waals surface area contributed by atoms with E-state index >= 15 is 0 Å². The van der Waals surface area contributed by atoms with Crippen LogP contribution in [0.3, 0.4) is 0 Å². The maximum Gasteiger partial charge on any atom is 0.245 e. The van der Waals surface area contributed by atoms with Gasteiger partial charge in [0.1, 0.15) is 6.17 Å². The highest BCUT2D eigenvalue weighted by molar-refractivity contribution is 7.19. The number of nitrogens with zero attached hydrogens (tertiary/aromatic N) is 1. The largest absolute Gasteiger partial charge is 0.338 e. The number of anilines is 1. The number of hydrogen-bond donors (Lipinski definition) is 2. The predicted molar refractivity (Wildman–Crippen MR) is 149 cm³/mol. The van der Waals surface area contributed by atoms with Gasteiger partial charge in [0.2, 0.25) is 9.70 Å². The monoisotopic (exact) mass is 543 g/mol. The van der Waals surface area contributed by atoms with Gasteiger partial charge in [0.25, 0.3) is 0 Å². The Hall–Kier alpha value is -2.57. The van der Waals surface area contributed by atoms with E-state index in [4.69, 9.17) is 39.8 Å². The summed E-state index contributed by atoms with van der Waals surface area (Å²) in [5, 5.41) is 6.43. The number of hydrogen-bond acceptors (Lipinski definition) is 4. The first-order valence-corrected chi connectivity index (χ1v) is 13.0. The molecule has 0 aliphatic heterocycles. The second kappa shape index (κ2) is 11.4. The van der Waals surface area contributed by atoms with Crippen LogP contribution < -0.4 is 10.6 Å². The van der Waals surface area contributed by atoms with Gasteiger partial charge in [0, 0.05) is 12.0 Å². The van der Waals surface area contributed by atoms with Gasteiger partial charge < -0.3 is 10.6 Å². The molecule has 3 atom stereocenters. The maximum absolute atomic E-state index is 12.6. The summed E-state index contributed by atoms with van der Waals surface area (Å²) >= 11 is 20.2. The van der Waals surface area contributed by atoms with Gasteiger partial charge in [-0.2, -0.15) is 0 Å². The van der Waals surface area contributed by atoms with Crippen molar-refractivity contribution in [3.05, 3.63) is 102 Å². The van der Waals surface area contributed by atoms with Gasteiger partial charge in [0.15, 0.2) is 5.13 Å². The molecule has 2 N–H and O–H groups in total. The molecule has 0 radical (unpaired) electrons. The van der Waals surface area contributed by atoms with Crippen molar-refractivity contribution < 1.29 is 4.79 Å². The number of alkyl halides is 3. The molecule has 1 aliphatic rings. The molecule has 0 bridgehead atoms. The third-order valence-electron chi connectivity index (χ3n) is 5.52. The predicted octanol–water partition coefficient (Wildman–Crippen LogP) is 7.59. The summed E-state index contributed by atoms with van der Waals surface area (Å²) in [7, 11) is 0. The van der Waals surface area contributed by atoms with Crippen molar-refractivity contribution in [2.45, 2.75) is 22.8 Å². The van der Waals surface area contributed by atoms with Crippen LogP contribution in [-0.2, 0) is 4.79 Å². The molecule has 1 heterocycles. The summed E-state index contributed by atoms with van der Waals surface area (Å²) < 4.78 is -1.81. The topological polar surface area (TPSA) is 54.0 Å². The highest BCUT2D eigenvalue weighted by Crippen LogP contribution is 2.42. The Kier molecular flexibility index (Phi) is 8.34. The van der Waals surface area contributed by atoms with Crippen molar-refractivity contribution in [3.63, 3.8) is 0 Å². The number of halogens is 3. The van der Waals surface area contributed by atoms with Crippen molar-refractivity contribution in [1.82, 2.24) is 10.3 Å². The first kappa shape index (κ1) is 25.5. The Balaban J connectivity index is 1.59. The Morgan fingerprint density at radius 1 is 1.03 bits per heavy atom. The van der Waals surface area contributed by atoms with Crippen LogP contribution in [0.2, 0.25) is 0 Å². The minimum absolute atomic E-state index is 0.108. The lowest BCUT2D eigenvalue weighted by molar-refractivity contribution is -0.116. The highest BCUT2D eigenvalue weighted by atomic mass is 35.6. The van der Waals surface area contributed by atoms with E-state index in [9.17, 15) is 4.79 Å². The first-order valence-electron chi connectivity index (χ1n) is 11.1. The SMILES string of the molecule is CC1C=CC=CC1c1nc(NC(NC(=O)C=Cc2ccccc2)C(Cl)(Cl)Cl)sc1-c1ccccc1. The summed E-state index contributed by atoms with van der Waals surface area (Å²) in [5.74, 6) is -0.00691. The number of nitrogens with one attached hydrogen (secondary N) is 2. The normalized spacial score (nSPS) is 18.5. The average Bonchev–Trinajstić information content (AvgIpc) is 3.27. The van der Waals surface area contributed by atoms with Gasteiger partial charge in [-0.25, -0.2) is 4.98 Å². The van der Waals surface area contributed by atoms with Crippen molar-refractivity contribution in [1.29, 1.82) is 0 Å². The first-order chi connectivity index (χ1) is 16.8. The molecule has 8 heteroatoms. The molecule has 1 aromatic heterocycles. The average molecular weight is 545 g/mol. The van der Waals surface area contributed by atoms with Crippen LogP contribution in [0.15, 0.2) is 91.0 Å². The number of amides is 1. The Morgan fingerprint density at radius 2 is 1.69 bits per heavy atom. The number of thiazole rings is 1. The Morgan fingerprint density at radius 3 is 2.34 bits per heavy atom. The smallest absolute Gasteiger partial charge is 0.245 e. The number of rotatable bonds is 7. The zero-order chi connectivity index (χ0) is 24.8. The van der Waals surface area contributed by atoms with Crippen LogP contribution in [-0.4, -0.2) is 20.8 Å². The van der Waals surface area contributed by atoms with E-state index in [1.165, 1.54) is 17.4 Å². The minimum atomic E-state index is -1.81. The molecule has 3 unspecified atom stereocenters. The van der Waals surface area contributed by atoms with E-state index in [-0.39, 0.29) is 11.8 Å². The molecular formula is C27H24Cl3N3OS. The molecular weight excluding hydrogens is 521 g/mol. The lowest BCUT2D eigenvalue weighted by Crippen LogP contribution is -2.48. The molecule has 0 saturated heterocycles. The lowest BCUT2D eigenvalue weighted by atomic mass is 9.86.